The lowest BCUT2D eigenvalue weighted by Crippen LogP contribution is -2.39. The highest BCUT2D eigenvalue weighted by Gasteiger charge is 2.11. The van der Waals surface area contributed by atoms with Gasteiger partial charge in [0.1, 0.15) is 0 Å². The second kappa shape index (κ2) is 5.74. The number of benzene rings is 2. The third kappa shape index (κ3) is 2.62. The number of hydrogen-bond acceptors (Lipinski definition) is 2. The van der Waals surface area contributed by atoms with Crippen molar-refractivity contribution in [2.24, 2.45) is 7.05 Å². The molecule has 0 aliphatic heterocycles. The molecule has 0 N–H and O–H groups in total. The molecule has 0 atom stereocenters. The van der Waals surface area contributed by atoms with Crippen molar-refractivity contribution >= 4 is 38.4 Å². The van der Waals surface area contributed by atoms with Gasteiger partial charge in [-0.05, 0) is 35.9 Å². The van der Waals surface area contributed by atoms with Gasteiger partial charge in [-0.1, -0.05) is 39.7 Å². The Morgan fingerprint density at radius 1 is 1.09 bits per heavy atom. The van der Waals surface area contributed by atoms with Crippen molar-refractivity contribution in [1.82, 2.24) is 9.13 Å². The summed E-state index contributed by atoms with van der Waals surface area (Å²) in [6.45, 7) is 0.233. The highest BCUT2D eigenvalue weighted by Crippen LogP contribution is 2.15. The summed E-state index contributed by atoms with van der Waals surface area (Å²) >= 11 is 9.31. The van der Waals surface area contributed by atoms with E-state index in [1.165, 1.54) is 9.13 Å². The van der Waals surface area contributed by atoms with E-state index >= 15 is 0 Å². The smallest absolute Gasteiger partial charge is 0.296 e. The average molecular weight is 380 g/mol. The van der Waals surface area contributed by atoms with Crippen LogP contribution >= 0.6 is 27.5 Å². The van der Waals surface area contributed by atoms with Crippen LogP contribution in [-0.2, 0) is 13.6 Å². The second-order valence-electron chi connectivity index (χ2n) is 5.02. The van der Waals surface area contributed by atoms with Crippen molar-refractivity contribution in [2.45, 2.75) is 6.54 Å². The molecule has 22 heavy (non-hydrogen) atoms. The molecule has 0 aliphatic carbocycles. The van der Waals surface area contributed by atoms with E-state index in [1.54, 1.807) is 25.2 Å². The third-order valence-electron chi connectivity index (χ3n) is 3.57. The predicted molar refractivity (Wildman–Crippen MR) is 91.7 cm³/mol. The minimum atomic E-state index is -0.359. The Hall–Kier alpha value is -1.85. The molecule has 0 saturated carbocycles. The standard InChI is InChI=1S/C16H12BrClN2O2/c1-19-14-8-12(18)6-7-13(14)15(21)20(16(19)22)9-10-2-4-11(17)5-3-10/h2-8H,9H2,1H3. The molecular weight excluding hydrogens is 368 g/mol. The first-order valence-electron chi connectivity index (χ1n) is 6.61. The van der Waals surface area contributed by atoms with E-state index in [2.05, 4.69) is 15.9 Å². The minimum Gasteiger partial charge on any atom is -0.296 e. The van der Waals surface area contributed by atoms with Crippen LogP contribution in [0.25, 0.3) is 10.9 Å². The molecule has 3 aromatic rings. The van der Waals surface area contributed by atoms with E-state index in [1.807, 2.05) is 24.3 Å². The molecule has 1 aromatic heterocycles. The van der Waals surface area contributed by atoms with Crippen molar-refractivity contribution in [2.75, 3.05) is 0 Å². The monoisotopic (exact) mass is 378 g/mol. The molecule has 112 valence electrons. The molecule has 6 heteroatoms. The summed E-state index contributed by atoms with van der Waals surface area (Å²) < 4.78 is 3.63. The van der Waals surface area contributed by atoms with Crippen molar-refractivity contribution in [3.05, 3.63) is 78.4 Å². The summed E-state index contributed by atoms with van der Waals surface area (Å²) in [6.07, 6.45) is 0. The van der Waals surface area contributed by atoms with Crippen molar-refractivity contribution in [3.8, 4) is 0 Å². The lowest BCUT2D eigenvalue weighted by molar-refractivity contribution is 0.660. The average Bonchev–Trinajstić information content (AvgIpc) is 2.51. The van der Waals surface area contributed by atoms with E-state index in [-0.39, 0.29) is 17.8 Å². The topological polar surface area (TPSA) is 44.0 Å². The van der Waals surface area contributed by atoms with Crippen LogP contribution in [0.4, 0.5) is 0 Å². The van der Waals surface area contributed by atoms with Crippen LogP contribution in [0, 0.1) is 0 Å². The van der Waals surface area contributed by atoms with E-state index in [4.69, 9.17) is 11.6 Å². The number of aromatic nitrogens is 2. The van der Waals surface area contributed by atoms with Crippen LogP contribution in [0.15, 0.2) is 56.5 Å². The summed E-state index contributed by atoms with van der Waals surface area (Å²) in [6, 6.07) is 12.4. The van der Waals surface area contributed by atoms with Crippen LogP contribution in [0.5, 0.6) is 0 Å². The molecule has 0 fully saturated rings. The Bertz CT molecular complexity index is 974. The first kappa shape index (κ1) is 15.1. The quantitative estimate of drug-likeness (QED) is 0.686. The molecule has 0 amide bonds. The number of aryl methyl sites for hydroxylation is 1. The largest absolute Gasteiger partial charge is 0.331 e. The molecule has 3 rings (SSSR count). The summed E-state index contributed by atoms with van der Waals surface area (Å²) in [5.41, 5.74) is 0.755. The minimum absolute atomic E-state index is 0.233. The Morgan fingerprint density at radius 2 is 1.77 bits per heavy atom. The van der Waals surface area contributed by atoms with Gasteiger partial charge in [-0.15, -0.1) is 0 Å². The zero-order chi connectivity index (χ0) is 15.9. The molecular formula is C16H12BrClN2O2. The van der Waals surface area contributed by atoms with Gasteiger partial charge in [0.25, 0.3) is 5.56 Å². The van der Waals surface area contributed by atoms with Gasteiger partial charge in [0.05, 0.1) is 17.4 Å². The number of hydrogen-bond donors (Lipinski definition) is 0. The maximum absolute atomic E-state index is 12.6. The number of fused-ring (bicyclic) bond motifs is 1. The van der Waals surface area contributed by atoms with Gasteiger partial charge in [-0.25, -0.2) is 4.79 Å². The van der Waals surface area contributed by atoms with Gasteiger partial charge < -0.3 is 0 Å². The highest BCUT2D eigenvalue weighted by molar-refractivity contribution is 9.10. The third-order valence-corrected chi connectivity index (χ3v) is 4.33. The Kier molecular flexibility index (Phi) is 3.93. The van der Waals surface area contributed by atoms with Gasteiger partial charge in [-0.3, -0.25) is 13.9 Å². The SMILES string of the molecule is Cn1c(=O)n(Cc2ccc(Br)cc2)c(=O)c2ccc(Cl)cc21. The van der Waals surface area contributed by atoms with Crippen molar-refractivity contribution in [3.63, 3.8) is 0 Å². The first-order valence-corrected chi connectivity index (χ1v) is 7.78. The van der Waals surface area contributed by atoms with Crippen molar-refractivity contribution in [1.29, 1.82) is 0 Å². The number of rotatable bonds is 2. The second-order valence-corrected chi connectivity index (χ2v) is 6.37. The van der Waals surface area contributed by atoms with Crippen LogP contribution in [-0.4, -0.2) is 9.13 Å². The zero-order valence-corrected chi connectivity index (χ0v) is 14.1. The lowest BCUT2D eigenvalue weighted by atomic mass is 10.2. The van der Waals surface area contributed by atoms with Gasteiger partial charge in [0, 0.05) is 16.5 Å². The van der Waals surface area contributed by atoms with E-state index in [0.717, 1.165) is 10.0 Å². The summed E-state index contributed by atoms with van der Waals surface area (Å²) in [7, 11) is 1.64. The Morgan fingerprint density at radius 3 is 2.45 bits per heavy atom. The molecule has 0 aliphatic rings. The molecule has 1 heterocycles. The maximum Gasteiger partial charge on any atom is 0.331 e. The van der Waals surface area contributed by atoms with Crippen LogP contribution in [0.1, 0.15) is 5.56 Å². The summed E-state index contributed by atoms with van der Waals surface area (Å²) in [5, 5.41) is 0.969. The van der Waals surface area contributed by atoms with Gasteiger partial charge in [-0.2, -0.15) is 0 Å². The fourth-order valence-electron chi connectivity index (χ4n) is 2.39. The molecule has 0 bridgehead atoms. The van der Waals surface area contributed by atoms with E-state index in [0.29, 0.717) is 15.9 Å². The highest BCUT2D eigenvalue weighted by atomic mass is 79.9. The first-order chi connectivity index (χ1) is 10.5. The predicted octanol–water partition coefficient (Wildman–Crippen LogP) is 3.16. The van der Waals surface area contributed by atoms with Crippen LogP contribution < -0.4 is 11.2 Å². The maximum atomic E-state index is 12.6. The van der Waals surface area contributed by atoms with E-state index in [9.17, 15) is 9.59 Å². The molecule has 4 nitrogen and oxygen atoms in total. The van der Waals surface area contributed by atoms with Crippen LogP contribution in [0.3, 0.4) is 0 Å². The van der Waals surface area contributed by atoms with Gasteiger partial charge in [0.2, 0.25) is 0 Å². The number of nitrogens with zero attached hydrogens (tertiary/aromatic N) is 2. The zero-order valence-electron chi connectivity index (χ0n) is 11.7. The van der Waals surface area contributed by atoms with Gasteiger partial charge in [0.15, 0.2) is 0 Å². The molecule has 2 aromatic carbocycles. The van der Waals surface area contributed by atoms with Gasteiger partial charge >= 0.3 is 5.69 Å². The summed E-state index contributed by atoms with van der Waals surface area (Å²) in [5.74, 6) is 0. The fourth-order valence-corrected chi connectivity index (χ4v) is 2.82. The number of halogens is 2. The Balaban J connectivity index is 2.22. The fraction of sp³-hybridized carbons (Fsp3) is 0.125. The molecule has 0 spiro atoms. The van der Waals surface area contributed by atoms with E-state index < -0.39 is 0 Å². The summed E-state index contributed by atoms with van der Waals surface area (Å²) in [4.78, 5) is 25.0. The van der Waals surface area contributed by atoms with Crippen LogP contribution in [0.2, 0.25) is 5.02 Å². The molecule has 0 radical (unpaired) electrons. The normalized spacial score (nSPS) is 11.0. The molecule has 0 unspecified atom stereocenters. The molecule has 0 saturated heterocycles. The lowest BCUT2D eigenvalue weighted by Gasteiger charge is -2.11. The Labute approximate surface area is 139 Å². The van der Waals surface area contributed by atoms with Crippen molar-refractivity contribution < 1.29 is 0 Å².